The van der Waals surface area contributed by atoms with Crippen molar-refractivity contribution >= 4 is 33.1 Å². The third-order valence-electron chi connectivity index (χ3n) is 8.88. The van der Waals surface area contributed by atoms with Crippen molar-refractivity contribution < 1.29 is 42.2 Å². The van der Waals surface area contributed by atoms with E-state index in [4.69, 9.17) is 9.47 Å². The lowest BCUT2D eigenvalue weighted by atomic mass is 9.81. The van der Waals surface area contributed by atoms with Crippen LogP contribution in [-0.4, -0.2) is 106 Å². The van der Waals surface area contributed by atoms with E-state index >= 15 is 0 Å². The molecule has 4 atom stereocenters. The van der Waals surface area contributed by atoms with E-state index in [2.05, 4.69) is 11.4 Å². The van der Waals surface area contributed by atoms with Gasteiger partial charge in [-0.3, -0.25) is 24.1 Å². The fourth-order valence-electron chi connectivity index (χ4n) is 5.96. The molecule has 2 saturated heterocycles. The lowest BCUT2D eigenvalue weighted by Gasteiger charge is -2.27. The molecule has 1 aliphatic carbocycles. The fourth-order valence-corrected chi connectivity index (χ4v) is 6.59. The van der Waals surface area contributed by atoms with Crippen LogP contribution in [0.1, 0.15) is 57.4 Å². The number of carbonyl (C=O) groups excluding carboxylic acids is 4. The number of rotatable bonds is 17. The first-order chi connectivity index (χ1) is 21.4. The van der Waals surface area contributed by atoms with E-state index in [0.29, 0.717) is 44.9 Å². The molecule has 1 aromatic carbocycles. The van der Waals surface area contributed by atoms with Gasteiger partial charge in [-0.1, -0.05) is 23.8 Å². The van der Waals surface area contributed by atoms with Crippen molar-refractivity contribution in [2.24, 2.45) is 11.8 Å². The molecule has 0 aromatic heterocycles. The van der Waals surface area contributed by atoms with Crippen molar-refractivity contribution in [2.45, 2.75) is 74.8 Å². The second-order valence-corrected chi connectivity index (χ2v) is 14.8. The monoisotopic (exact) mass is 646 g/mol. The number of Topliss-reactive ketones (excluding diaryl/α,β-unsaturated/α-hetero) is 3. The third-order valence-corrected chi connectivity index (χ3v) is 10.0. The first kappa shape index (κ1) is 35.1. The Kier molecular flexibility index (Phi) is 12.2. The Morgan fingerprint density at radius 1 is 1.02 bits per heavy atom. The molecule has 4 rings (SSSR count). The number of benzene rings is 1. The Labute approximate surface area is 265 Å². The molecule has 3 aliphatic rings. The highest BCUT2D eigenvalue weighted by Gasteiger charge is 2.50. The summed E-state index contributed by atoms with van der Waals surface area (Å²) in [6.45, 7) is 3.87. The molecular weight excluding hydrogens is 600 g/mol. The molecule has 12 heteroatoms. The minimum atomic E-state index is -3.43. The van der Waals surface area contributed by atoms with Crippen molar-refractivity contribution in [1.82, 2.24) is 10.2 Å². The molecule has 1 amide bonds. The molecule has 2 N–H and O–H groups in total. The predicted molar refractivity (Wildman–Crippen MR) is 166 cm³/mol. The maximum Gasteiger partial charge on any atom is 0.226 e. The van der Waals surface area contributed by atoms with Gasteiger partial charge in [-0.05, 0) is 63.1 Å². The predicted octanol–water partition coefficient (Wildman–Crippen LogP) is 1.84. The minimum Gasteiger partial charge on any atom is -0.396 e. The molecule has 248 valence electrons. The van der Waals surface area contributed by atoms with E-state index in [0.717, 1.165) is 37.5 Å². The largest absolute Gasteiger partial charge is 0.396 e. The Morgan fingerprint density at radius 2 is 1.71 bits per heavy atom. The average Bonchev–Trinajstić information content (AvgIpc) is 3.77. The lowest BCUT2D eigenvalue weighted by Crippen LogP contribution is -2.47. The molecule has 1 aromatic rings. The molecule has 2 heterocycles. The summed E-state index contributed by atoms with van der Waals surface area (Å²) in [6, 6.07) is 5.01. The van der Waals surface area contributed by atoms with Gasteiger partial charge in [0.1, 0.15) is 11.4 Å². The minimum absolute atomic E-state index is 0.0475. The van der Waals surface area contributed by atoms with Crippen molar-refractivity contribution in [2.75, 3.05) is 52.3 Å². The second kappa shape index (κ2) is 15.7. The molecule has 0 spiro atoms. The zero-order valence-corrected chi connectivity index (χ0v) is 27.1. The van der Waals surface area contributed by atoms with Crippen LogP contribution in [0.25, 0.3) is 0 Å². The molecule has 0 radical (unpaired) electrons. The number of allylic oxidation sites excluding steroid dienone is 2. The van der Waals surface area contributed by atoms with Crippen LogP contribution < -0.4 is 5.32 Å². The van der Waals surface area contributed by atoms with Crippen LogP contribution >= 0.6 is 0 Å². The number of hydrogen-bond acceptors (Lipinski definition) is 10. The highest BCUT2D eigenvalue weighted by molar-refractivity contribution is 7.90. The number of aliphatic hydroxyl groups is 1. The topological polar surface area (TPSA) is 160 Å². The first-order valence-electron chi connectivity index (χ1n) is 15.8. The third kappa shape index (κ3) is 10.4. The van der Waals surface area contributed by atoms with Crippen LogP contribution in [-0.2, 0) is 44.9 Å². The average molecular weight is 647 g/mol. The maximum atomic E-state index is 13.9. The lowest BCUT2D eigenvalue weighted by molar-refractivity contribution is -0.135. The quantitative estimate of drug-likeness (QED) is 0.189. The molecule has 0 bridgehead atoms. The highest BCUT2D eigenvalue weighted by Crippen LogP contribution is 2.35. The zero-order valence-electron chi connectivity index (χ0n) is 26.3. The summed E-state index contributed by atoms with van der Waals surface area (Å²) < 4.78 is 34.7. The number of epoxide rings is 1. The second-order valence-electron chi connectivity index (χ2n) is 12.8. The van der Waals surface area contributed by atoms with Gasteiger partial charge in [-0.15, -0.1) is 0 Å². The van der Waals surface area contributed by atoms with Crippen LogP contribution in [0.4, 0.5) is 0 Å². The number of aliphatic hydroxyl groups excluding tert-OH is 1. The molecule has 0 unspecified atom stereocenters. The van der Waals surface area contributed by atoms with Gasteiger partial charge in [0.25, 0.3) is 0 Å². The molecule has 2 aliphatic heterocycles. The summed E-state index contributed by atoms with van der Waals surface area (Å²) in [5.41, 5.74) is 0.844. The van der Waals surface area contributed by atoms with Gasteiger partial charge in [0.05, 0.1) is 49.8 Å². The van der Waals surface area contributed by atoms with Gasteiger partial charge in [0.2, 0.25) is 5.91 Å². The van der Waals surface area contributed by atoms with E-state index in [1.807, 2.05) is 4.90 Å². The summed E-state index contributed by atoms with van der Waals surface area (Å²) in [5.74, 6) is -2.99. The normalized spacial score (nSPS) is 22.5. The number of nitrogens with one attached hydrogen (secondary N) is 1. The number of amides is 1. The number of hydrogen-bond donors (Lipinski definition) is 2. The van der Waals surface area contributed by atoms with Gasteiger partial charge in [0, 0.05) is 38.1 Å². The summed E-state index contributed by atoms with van der Waals surface area (Å²) in [7, 11) is -3.43. The number of ether oxygens (including phenoxy) is 2. The van der Waals surface area contributed by atoms with Crippen LogP contribution in [0, 0.1) is 11.8 Å². The standard InChI is InChI=1S/C33H46N2O9S/c1-33(22-44-33)31(39)25(16-23-6-4-3-5-7-23)19-30(38)29(17-24-8-10-28(11-9-24)45(2,41)42)34-32(40)26(21-36)18-27(37)20-35-12-14-43-15-13-35/h6,8-11,25-26,29,36H,3-5,7,12-22H2,1-2H3,(H,34,40)/t25-,26+,29+,33-/m1/s1. The summed E-state index contributed by atoms with van der Waals surface area (Å²) in [4.78, 5) is 55.7. The molecule has 45 heavy (non-hydrogen) atoms. The van der Waals surface area contributed by atoms with Crippen molar-refractivity contribution in [3.05, 3.63) is 41.5 Å². The summed E-state index contributed by atoms with van der Waals surface area (Å²) >= 11 is 0. The van der Waals surface area contributed by atoms with E-state index in [1.165, 1.54) is 12.1 Å². The Morgan fingerprint density at radius 3 is 2.29 bits per heavy atom. The summed E-state index contributed by atoms with van der Waals surface area (Å²) in [5, 5.41) is 12.8. The van der Waals surface area contributed by atoms with Crippen molar-refractivity contribution in [1.29, 1.82) is 0 Å². The number of nitrogens with zero attached hydrogens (tertiary/aromatic N) is 1. The Balaban J connectivity index is 1.51. The SMILES string of the molecule is C[C@]1(C(=O)[C@@H](CC(=O)[C@H](Cc2ccc(S(C)(=O)=O)cc2)NC(=O)[C@H](CO)CC(=O)CN2CCOCC2)CC2=CCCCC2)CO1. The first-order valence-corrected chi connectivity index (χ1v) is 17.7. The number of carbonyl (C=O) groups is 4. The number of ketones is 3. The molecular formula is C33H46N2O9S. The zero-order chi connectivity index (χ0) is 32.6. The summed E-state index contributed by atoms with van der Waals surface area (Å²) in [6.07, 6.45) is 7.38. The van der Waals surface area contributed by atoms with Crippen LogP contribution in [0.15, 0.2) is 40.8 Å². The van der Waals surface area contributed by atoms with Crippen LogP contribution in [0.2, 0.25) is 0 Å². The van der Waals surface area contributed by atoms with Crippen LogP contribution in [0.3, 0.4) is 0 Å². The smallest absolute Gasteiger partial charge is 0.226 e. The highest BCUT2D eigenvalue weighted by atomic mass is 32.2. The van der Waals surface area contributed by atoms with Gasteiger partial charge in [-0.2, -0.15) is 0 Å². The fraction of sp³-hybridized carbons (Fsp3) is 0.636. The van der Waals surface area contributed by atoms with Gasteiger partial charge >= 0.3 is 0 Å². The number of morpholine rings is 1. The molecule has 2 fully saturated rings. The van der Waals surface area contributed by atoms with Gasteiger partial charge in [0.15, 0.2) is 21.4 Å². The maximum absolute atomic E-state index is 13.9. The van der Waals surface area contributed by atoms with Gasteiger partial charge < -0.3 is 19.9 Å². The van der Waals surface area contributed by atoms with E-state index in [9.17, 15) is 32.7 Å². The van der Waals surface area contributed by atoms with Crippen LogP contribution in [0.5, 0.6) is 0 Å². The van der Waals surface area contributed by atoms with E-state index in [-0.39, 0.29) is 48.1 Å². The van der Waals surface area contributed by atoms with Crippen molar-refractivity contribution in [3.8, 4) is 0 Å². The number of sulfone groups is 1. The molecule has 0 saturated carbocycles. The van der Waals surface area contributed by atoms with E-state index < -0.39 is 45.8 Å². The van der Waals surface area contributed by atoms with Gasteiger partial charge in [-0.25, -0.2) is 8.42 Å². The molecule has 11 nitrogen and oxygen atoms in total. The Hall–Kier alpha value is -2.77. The Bertz CT molecular complexity index is 1360. The van der Waals surface area contributed by atoms with E-state index in [1.54, 1.807) is 19.1 Å². The van der Waals surface area contributed by atoms with Crippen molar-refractivity contribution in [3.63, 3.8) is 0 Å².